The fourth-order valence-corrected chi connectivity index (χ4v) is 4.70. The van der Waals surface area contributed by atoms with Crippen LogP contribution in [0.1, 0.15) is 29.5 Å². The fraction of sp³-hybridized carbons (Fsp3) is 0.300. The highest BCUT2D eigenvalue weighted by Gasteiger charge is 2.30. The van der Waals surface area contributed by atoms with Crippen LogP contribution >= 0.6 is 11.3 Å². The van der Waals surface area contributed by atoms with Crippen LogP contribution in [0.3, 0.4) is 0 Å². The van der Waals surface area contributed by atoms with Gasteiger partial charge in [-0.25, -0.2) is 4.98 Å². The molecule has 1 atom stereocenters. The number of hydrogen-bond acceptors (Lipinski definition) is 6. The molecule has 4 rings (SSSR count). The maximum absolute atomic E-state index is 12.6. The first kappa shape index (κ1) is 18.5. The van der Waals surface area contributed by atoms with E-state index in [4.69, 9.17) is 4.98 Å². The van der Waals surface area contributed by atoms with Gasteiger partial charge in [0, 0.05) is 12.1 Å². The number of nitro groups is 1. The molecule has 7 nitrogen and oxygen atoms in total. The Morgan fingerprint density at radius 2 is 2.18 bits per heavy atom. The van der Waals surface area contributed by atoms with Crippen molar-refractivity contribution in [2.24, 2.45) is 0 Å². The SMILES string of the molecule is Cc1ccc([N+](=O)[O-])cc1NC(=O)CN1CCC[C@H]1c1nc2ccccc2s1. The molecule has 1 aromatic heterocycles. The van der Waals surface area contributed by atoms with E-state index in [9.17, 15) is 14.9 Å². The van der Waals surface area contributed by atoms with Crippen molar-refractivity contribution >= 4 is 38.8 Å². The normalized spacial score (nSPS) is 17.1. The molecule has 1 N–H and O–H groups in total. The number of thiazole rings is 1. The van der Waals surface area contributed by atoms with Crippen molar-refractivity contribution in [3.8, 4) is 0 Å². The lowest BCUT2D eigenvalue weighted by Crippen LogP contribution is -2.33. The van der Waals surface area contributed by atoms with Gasteiger partial charge in [0.2, 0.25) is 5.91 Å². The number of rotatable bonds is 5. The highest BCUT2D eigenvalue weighted by atomic mass is 32.1. The summed E-state index contributed by atoms with van der Waals surface area (Å²) in [5.41, 5.74) is 2.23. The summed E-state index contributed by atoms with van der Waals surface area (Å²) in [5, 5.41) is 14.9. The van der Waals surface area contributed by atoms with Gasteiger partial charge in [0.15, 0.2) is 0 Å². The molecule has 1 aliphatic rings. The average Bonchev–Trinajstić information content (AvgIpc) is 3.29. The van der Waals surface area contributed by atoms with E-state index in [-0.39, 0.29) is 24.2 Å². The number of nitrogens with one attached hydrogen (secondary N) is 1. The van der Waals surface area contributed by atoms with Crippen LogP contribution in [0.4, 0.5) is 11.4 Å². The van der Waals surface area contributed by atoms with Crippen molar-refractivity contribution < 1.29 is 9.72 Å². The van der Waals surface area contributed by atoms with Gasteiger partial charge in [0.1, 0.15) is 5.01 Å². The zero-order chi connectivity index (χ0) is 19.7. The number of benzene rings is 2. The molecule has 1 saturated heterocycles. The zero-order valence-corrected chi connectivity index (χ0v) is 16.2. The molecule has 2 heterocycles. The summed E-state index contributed by atoms with van der Waals surface area (Å²) in [7, 11) is 0. The molecule has 1 aliphatic heterocycles. The summed E-state index contributed by atoms with van der Waals surface area (Å²) >= 11 is 1.68. The topological polar surface area (TPSA) is 88.4 Å². The molecule has 0 unspecified atom stereocenters. The van der Waals surface area contributed by atoms with Crippen LogP contribution in [0.15, 0.2) is 42.5 Å². The summed E-state index contributed by atoms with van der Waals surface area (Å²) in [6.45, 7) is 2.89. The predicted octanol–water partition coefficient (Wildman–Crippen LogP) is 4.29. The lowest BCUT2D eigenvalue weighted by atomic mass is 10.2. The Morgan fingerprint density at radius 3 is 2.96 bits per heavy atom. The number of fused-ring (bicyclic) bond motifs is 1. The number of para-hydroxylation sites is 1. The van der Waals surface area contributed by atoms with Gasteiger partial charge in [-0.1, -0.05) is 18.2 Å². The van der Waals surface area contributed by atoms with E-state index in [1.165, 1.54) is 12.1 Å². The summed E-state index contributed by atoms with van der Waals surface area (Å²) in [6.07, 6.45) is 1.99. The molecule has 0 bridgehead atoms. The lowest BCUT2D eigenvalue weighted by molar-refractivity contribution is -0.384. The molecule has 0 aliphatic carbocycles. The molecule has 28 heavy (non-hydrogen) atoms. The minimum atomic E-state index is -0.460. The number of anilines is 1. The highest BCUT2D eigenvalue weighted by Crippen LogP contribution is 2.36. The van der Waals surface area contributed by atoms with Gasteiger partial charge in [-0.05, 0) is 44.0 Å². The van der Waals surface area contributed by atoms with E-state index >= 15 is 0 Å². The van der Waals surface area contributed by atoms with Gasteiger partial charge in [-0.15, -0.1) is 11.3 Å². The van der Waals surface area contributed by atoms with Crippen LogP contribution in [0.25, 0.3) is 10.2 Å². The molecular weight excluding hydrogens is 376 g/mol. The number of amides is 1. The smallest absolute Gasteiger partial charge is 0.271 e. The van der Waals surface area contributed by atoms with Crippen molar-refractivity contribution in [3.63, 3.8) is 0 Å². The zero-order valence-electron chi connectivity index (χ0n) is 15.4. The van der Waals surface area contributed by atoms with Crippen LogP contribution in [0.5, 0.6) is 0 Å². The molecule has 2 aromatic carbocycles. The third-order valence-electron chi connectivity index (χ3n) is 5.01. The largest absolute Gasteiger partial charge is 0.324 e. The Bertz CT molecular complexity index is 1020. The molecule has 144 valence electrons. The Morgan fingerprint density at radius 1 is 1.36 bits per heavy atom. The Kier molecular flexibility index (Phi) is 5.06. The summed E-state index contributed by atoms with van der Waals surface area (Å²) in [6, 6.07) is 12.7. The number of carbonyl (C=O) groups is 1. The summed E-state index contributed by atoms with van der Waals surface area (Å²) < 4.78 is 1.15. The molecule has 1 amide bonds. The maximum atomic E-state index is 12.6. The second-order valence-corrected chi connectivity index (χ2v) is 8.02. The minimum Gasteiger partial charge on any atom is -0.324 e. The van der Waals surface area contributed by atoms with Crippen molar-refractivity contribution in [2.45, 2.75) is 25.8 Å². The van der Waals surface area contributed by atoms with Crippen molar-refractivity contribution in [1.82, 2.24) is 9.88 Å². The van der Waals surface area contributed by atoms with Gasteiger partial charge in [0.05, 0.1) is 33.4 Å². The first-order valence-corrected chi connectivity index (χ1v) is 9.97. The Balaban J connectivity index is 1.48. The molecular formula is C20H20N4O3S. The van der Waals surface area contributed by atoms with Gasteiger partial charge >= 0.3 is 0 Å². The van der Waals surface area contributed by atoms with Crippen LogP contribution in [0.2, 0.25) is 0 Å². The second kappa shape index (κ2) is 7.65. The monoisotopic (exact) mass is 396 g/mol. The van der Waals surface area contributed by atoms with Crippen LogP contribution in [-0.4, -0.2) is 33.8 Å². The third-order valence-corrected chi connectivity index (χ3v) is 6.15. The van der Waals surface area contributed by atoms with Gasteiger partial charge < -0.3 is 5.32 Å². The van der Waals surface area contributed by atoms with Crippen molar-refractivity contribution in [1.29, 1.82) is 0 Å². The highest BCUT2D eigenvalue weighted by molar-refractivity contribution is 7.18. The van der Waals surface area contributed by atoms with E-state index in [0.29, 0.717) is 5.69 Å². The van der Waals surface area contributed by atoms with E-state index in [1.54, 1.807) is 17.4 Å². The Hall–Kier alpha value is -2.84. The van der Waals surface area contributed by atoms with Gasteiger partial charge in [-0.2, -0.15) is 0 Å². The average molecular weight is 396 g/mol. The number of carbonyl (C=O) groups excluding carboxylic acids is 1. The Labute approximate surface area is 166 Å². The number of nitrogens with zero attached hydrogens (tertiary/aromatic N) is 3. The van der Waals surface area contributed by atoms with Crippen LogP contribution < -0.4 is 5.32 Å². The van der Waals surface area contributed by atoms with E-state index in [0.717, 1.165) is 40.2 Å². The standard InChI is InChI=1S/C20H20N4O3S/c1-13-8-9-14(24(26)27)11-16(13)21-19(25)12-23-10-4-6-17(23)20-22-15-5-2-3-7-18(15)28-20/h2-3,5,7-9,11,17H,4,6,10,12H2,1H3,(H,21,25)/t17-/m0/s1. The molecule has 3 aromatic rings. The molecule has 0 spiro atoms. The summed E-state index contributed by atoms with van der Waals surface area (Å²) in [5.74, 6) is -0.170. The second-order valence-electron chi connectivity index (χ2n) is 6.95. The number of hydrogen-bond donors (Lipinski definition) is 1. The van der Waals surface area contributed by atoms with E-state index in [2.05, 4.69) is 16.3 Å². The minimum absolute atomic E-state index is 0.0329. The van der Waals surface area contributed by atoms with E-state index in [1.807, 2.05) is 25.1 Å². The first-order valence-electron chi connectivity index (χ1n) is 9.15. The number of non-ortho nitro benzene ring substituents is 1. The van der Waals surface area contributed by atoms with Crippen molar-refractivity contribution in [2.75, 3.05) is 18.4 Å². The fourth-order valence-electron chi connectivity index (χ4n) is 3.56. The number of aryl methyl sites for hydroxylation is 1. The molecule has 0 radical (unpaired) electrons. The molecule has 1 fully saturated rings. The number of likely N-dealkylation sites (tertiary alicyclic amines) is 1. The quantitative estimate of drug-likeness (QED) is 0.513. The number of nitro benzene ring substituents is 1. The maximum Gasteiger partial charge on any atom is 0.271 e. The van der Waals surface area contributed by atoms with E-state index < -0.39 is 4.92 Å². The molecule has 0 saturated carbocycles. The van der Waals surface area contributed by atoms with Crippen LogP contribution in [-0.2, 0) is 4.79 Å². The molecule has 8 heteroatoms. The predicted molar refractivity (Wildman–Crippen MR) is 110 cm³/mol. The van der Waals surface area contributed by atoms with Crippen LogP contribution in [0, 0.1) is 17.0 Å². The summed E-state index contributed by atoms with van der Waals surface area (Å²) in [4.78, 5) is 30.0. The van der Waals surface area contributed by atoms with Crippen molar-refractivity contribution in [3.05, 3.63) is 63.1 Å². The van der Waals surface area contributed by atoms with Gasteiger partial charge in [-0.3, -0.25) is 19.8 Å². The first-order chi connectivity index (χ1) is 13.5. The number of aromatic nitrogens is 1. The van der Waals surface area contributed by atoms with Gasteiger partial charge in [0.25, 0.3) is 5.69 Å². The lowest BCUT2D eigenvalue weighted by Gasteiger charge is -2.22. The third kappa shape index (κ3) is 3.74.